The fourth-order valence-electron chi connectivity index (χ4n) is 2.38. The van der Waals surface area contributed by atoms with E-state index in [0.29, 0.717) is 0 Å². The van der Waals surface area contributed by atoms with Crippen LogP contribution in [0.1, 0.15) is 12.6 Å². The second-order valence-corrected chi connectivity index (χ2v) is 6.06. The monoisotopic (exact) mass is 292 g/mol. The summed E-state index contributed by atoms with van der Waals surface area (Å²) in [4.78, 5) is 17.7. The molecule has 1 aliphatic rings. The van der Waals surface area contributed by atoms with Crippen molar-refractivity contribution in [1.82, 2.24) is 9.88 Å². The SMILES string of the molecule is CC(C(=O)O)C1CN(Cc2csc(-c3ccco3)n2)C1. The molecule has 1 fully saturated rings. The largest absolute Gasteiger partial charge is 0.481 e. The first kappa shape index (κ1) is 13.3. The average molecular weight is 292 g/mol. The van der Waals surface area contributed by atoms with Crippen LogP contribution in [0.5, 0.6) is 0 Å². The van der Waals surface area contributed by atoms with Gasteiger partial charge in [0, 0.05) is 25.0 Å². The van der Waals surface area contributed by atoms with Crippen LogP contribution in [0.3, 0.4) is 0 Å². The number of rotatable bonds is 5. The maximum Gasteiger partial charge on any atom is 0.306 e. The minimum absolute atomic E-state index is 0.260. The smallest absolute Gasteiger partial charge is 0.306 e. The van der Waals surface area contributed by atoms with Gasteiger partial charge in [-0.25, -0.2) is 4.98 Å². The molecular formula is C14H16N2O3S. The van der Waals surface area contributed by atoms with Gasteiger partial charge in [-0.05, 0) is 18.1 Å². The van der Waals surface area contributed by atoms with Gasteiger partial charge in [-0.1, -0.05) is 6.92 Å². The van der Waals surface area contributed by atoms with Crippen LogP contribution in [0.4, 0.5) is 0 Å². The second-order valence-electron chi connectivity index (χ2n) is 5.20. The van der Waals surface area contributed by atoms with Gasteiger partial charge in [-0.2, -0.15) is 0 Å². The lowest BCUT2D eigenvalue weighted by molar-refractivity contribution is -0.145. The molecule has 1 unspecified atom stereocenters. The average Bonchev–Trinajstić information content (AvgIpc) is 3.02. The Bertz CT molecular complexity index is 587. The highest BCUT2D eigenvalue weighted by Gasteiger charge is 2.34. The van der Waals surface area contributed by atoms with Gasteiger partial charge in [0.25, 0.3) is 0 Å². The van der Waals surface area contributed by atoms with E-state index in [2.05, 4.69) is 9.88 Å². The molecule has 6 heteroatoms. The number of aliphatic carboxylic acids is 1. The summed E-state index contributed by atoms with van der Waals surface area (Å²) in [5.74, 6) is 0.0849. The quantitative estimate of drug-likeness (QED) is 0.917. The van der Waals surface area contributed by atoms with E-state index in [9.17, 15) is 4.79 Å². The molecule has 106 valence electrons. The van der Waals surface area contributed by atoms with Gasteiger partial charge in [0.2, 0.25) is 0 Å². The van der Waals surface area contributed by atoms with Crippen LogP contribution in [0.15, 0.2) is 28.2 Å². The van der Waals surface area contributed by atoms with Crippen LogP contribution in [-0.2, 0) is 11.3 Å². The fraction of sp³-hybridized carbons (Fsp3) is 0.429. The first-order valence-corrected chi connectivity index (χ1v) is 7.45. The van der Waals surface area contributed by atoms with E-state index >= 15 is 0 Å². The summed E-state index contributed by atoms with van der Waals surface area (Å²) in [5, 5.41) is 11.9. The molecule has 1 saturated heterocycles. The van der Waals surface area contributed by atoms with Crippen molar-refractivity contribution in [2.75, 3.05) is 13.1 Å². The third-order valence-electron chi connectivity index (χ3n) is 3.75. The van der Waals surface area contributed by atoms with E-state index in [1.165, 1.54) is 0 Å². The molecule has 0 bridgehead atoms. The Balaban J connectivity index is 1.55. The number of carbonyl (C=O) groups is 1. The van der Waals surface area contributed by atoms with Crippen molar-refractivity contribution in [1.29, 1.82) is 0 Å². The van der Waals surface area contributed by atoms with Gasteiger partial charge in [-0.15, -0.1) is 11.3 Å². The Labute approximate surface area is 120 Å². The Kier molecular flexibility index (Phi) is 3.58. The number of hydrogen-bond donors (Lipinski definition) is 1. The molecule has 20 heavy (non-hydrogen) atoms. The van der Waals surface area contributed by atoms with E-state index in [0.717, 1.165) is 36.1 Å². The number of carboxylic acid groups (broad SMARTS) is 1. The van der Waals surface area contributed by atoms with E-state index in [4.69, 9.17) is 9.52 Å². The molecule has 1 aliphatic heterocycles. The Morgan fingerprint density at radius 1 is 1.65 bits per heavy atom. The molecule has 0 radical (unpaired) electrons. The Morgan fingerprint density at radius 3 is 3.10 bits per heavy atom. The molecule has 5 nitrogen and oxygen atoms in total. The maximum atomic E-state index is 10.9. The van der Waals surface area contributed by atoms with Crippen LogP contribution < -0.4 is 0 Å². The lowest BCUT2D eigenvalue weighted by Gasteiger charge is -2.40. The van der Waals surface area contributed by atoms with Crippen LogP contribution in [0.2, 0.25) is 0 Å². The maximum absolute atomic E-state index is 10.9. The van der Waals surface area contributed by atoms with Crippen LogP contribution >= 0.6 is 11.3 Å². The highest BCUT2D eigenvalue weighted by molar-refractivity contribution is 7.13. The van der Waals surface area contributed by atoms with Crippen molar-refractivity contribution in [2.45, 2.75) is 13.5 Å². The van der Waals surface area contributed by atoms with Crippen molar-refractivity contribution in [3.05, 3.63) is 29.5 Å². The summed E-state index contributed by atoms with van der Waals surface area (Å²) in [5.41, 5.74) is 1.02. The van der Waals surface area contributed by atoms with Crippen LogP contribution in [-0.4, -0.2) is 34.0 Å². The number of hydrogen-bond acceptors (Lipinski definition) is 5. The summed E-state index contributed by atoms with van der Waals surface area (Å²) in [6.45, 7) is 4.23. The van der Waals surface area contributed by atoms with Crippen molar-refractivity contribution in [2.24, 2.45) is 11.8 Å². The zero-order chi connectivity index (χ0) is 14.1. The highest BCUT2D eigenvalue weighted by Crippen LogP contribution is 2.28. The molecule has 1 atom stereocenters. The normalized spacial score (nSPS) is 17.9. The lowest BCUT2D eigenvalue weighted by Crippen LogP contribution is -2.50. The van der Waals surface area contributed by atoms with Gasteiger partial charge in [0.1, 0.15) is 0 Å². The number of carboxylic acids is 1. The van der Waals surface area contributed by atoms with Crippen molar-refractivity contribution in [3.8, 4) is 10.8 Å². The van der Waals surface area contributed by atoms with Gasteiger partial charge < -0.3 is 9.52 Å². The fourth-order valence-corrected chi connectivity index (χ4v) is 3.16. The van der Waals surface area contributed by atoms with E-state index in [1.807, 2.05) is 17.5 Å². The topological polar surface area (TPSA) is 66.6 Å². The van der Waals surface area contributed by atoms with Gasteiger partial charge in [-0.3, -0.25) is 9.69 Å². The van der Waals surface area contributed by atoms with Crippen molar-refractivity contribution in [3.63, 3.8) is 0 Å². The zero-order valence-corrected chi connectivity index (χ0v) is 12.0. The molecule has 2 aromatic rings. The molecule has 3 rings (SSSR count). The Hall–Kier alpha value is -1.66. The highest BCUT2D eigenvalue weighted by atomic mass is 32.1. The first-order chi connectivity index (χ1) is 9.63. The molecule has 0 aliphatic carbocycles. The number of furan rings is 1. The van der Waals surface area contributed by atoms with Gasteiger partial charge >= 0.3 is 5.97 Å². The molecule has 0 aromatic carbocycles. The van der Waals surface area contributed by atoms with E-state index < -0.39 is 5.97 Å². The molecular weight excluding hydrogens is 276 g/mol. The second kappa shape index (κ2) is 5.38. The molecule has 0 spiro atoms. The molecule has 2 aromatic heterocycles. The standard InChI is InChI=1S/C14H16N2O3S/c1-9(14(17)18)10-5-16(6-10)7-11-8-20-13(15-11)12-3-2-4-19-12/h2-4,8-10H,5-7H2,1H3,(H,17,18). The summed E-state index contributed by atoms with van der Waals surface area (Å²) >= 11 is 1.57. The van der Waals surface area contributed by atoms with Gasteiger partial charge in [0.05, 0.1) is 17.9 Å². The van der Waals surface area contributed by atoms with Crippen molar-refractivity contribution < 1.29 is 14.3 Å². The lowest BCUT2D eigenvalue weighted by atomic mass is 9.87. The minimum atomic E-state index is -0.705. The zero-order valence-electron chi connectivity index (χ0n) is 11.2. The van der Waals surface area contributed by atoms with Crippen molar-refractivity contribution >= 4 is 17.3 Å². The predicted molar refractivity (Wildman–Crippen MR) is 75.4 cm³/mol. The number of nitrogens with zero attached hydrogens (tertiary/aromatic N) is 2. The summed E-state index contributed by atoms with van der Waals surface area (Å²) in [7, 11) is 0. The number of thiazole rings is 1. The summed E-state index contributed by atoms with van der Waals surface area (Å²) < 4.78 is 5.32. The number of aromatic nitrogens is 1. The molecule has 0 saturated carbocycles. The molecule has 0 amide bonds. The minimum Gasteiger partial charge on any atom is -0.481 e. The van der Waals surface area contributed by atoms with E-state index in [1.54, 1.807) is 24.5 Å². The predicted octanol–water partition coefficient (Wildman–Crippen LogP) is 2.56. The number of likely N-dealkylation sites (tertiary alicyclic amines) is 1. The van der Waals surface area contributed by atoms with E-state index in [-0.39, 0.29) is 11.8 Å². The first-order valence-electron chi connectivity index (χ1n) is 6.57. The molecule has 1 N–H and O–H groups in total. The third kappa shape index (κ3) is 2.62. The summed E-state index contributed by atoms with van der Waals surface area (Å²) in [6.07, 6.45) is 1.64. The van der Waals surface area contributed by atoms with Crippen LogP contribution in [0, 0.1) is 11.8 Å². The third-order valence-corrected chi connectivity index (χ3v) is 4.66. The van der Waals surface area contributed by atoms with Crippen LogP contribution in [0.25, 0.3) is 10.8 Å². The summed E-state index contributed by atoms with van der Waals surface area (Å²) in [6, 6.07) is 3.75. The van der Waals surface area contributed by atoms with Gasteiger partial charge in [0.15, 0.2) is 10.8 Å². The Morgan fingerprint density at radius 2 is 2.45 bits per heavy atom. The molecule has 3 heterocycles.